The number of hydrogen-bond donors (Lipinski definition) is 0. The van der Waals surface area contributed by atoms with Crippen molar-refractivity contribution >= 4 is 32.0 Å². The lowest BCUT2D eigenvalue weighted by atomic mass is 10.2. The number of nitrogens with zero attached hydrogens (tertiary/aromatic N) is 2. The highest BCUT2D eigenvalue weighted by molar-refractivity contribution is 7.89. The van der Waals surface area contributed by atoms with Crippen molar-refractivity contribution in [2.45, 2.75) is 43.9 Å². The molecule has 2 aromatic rings. The second-order valence-electron chi connectivity index (χ2n) is 8.27. The first-order chi connectivity index (χ1) is 17.4. The van der Waals surface area contributed by atoms with Gasteiger partial charge in [0.1, 0.15) is 13.1 Å². The zero-order valence-electron chi connectivity index (χ0n) is 21.5. The molecule has 0 bridgehead atoms. The summed E-state index contributed by atoms with van der Waals surface area (Å²) in [5.74, 6) is -1.46. The maximum Gasteiger partial charge on any atom is 0.321 e. The van der Waals surface area contributed by atoms with Crippen LogP contribution >= 0.6 is 0 Å². The fourth-order valence-corrected chi connectivity index (χ4v) is 6.26. The van der Waals surface area contributed by atoms with Gasteiger partial charge in [0.2, 0.25) is 20.0 Å². The predicted octanol–water partition coefficient (Wildman–Crippen LogP) is 2.50. The molecule has 12 heteroatoms. The SMILES string of the molecule is CCOC(=O)CN(CCCN(CC(=O)OCC)S(=O)(=O)c1ccc(C)cc1)S(=O)(=O)c1ccc(C)cc1. The van der Waals surface area contributed by atoms with Gasteiger partial charge in [0, 0.05) is 13.1 Å². The molecule has 0 fully saturated rings. The summed E-state index contributed by atoms with van der Waals surface area (Å²) < 4.78 is 64.9. The minimum atomic E-state index is -4.08. The van der Waals surface area contributed by atoms with Crippen LogP contribution in [0.4, 0.5) is 0 Å². The van der Waals surface area contributed by atoms with E-state index < -0.39 is 45.1 Å². The van der Waals surface area contributed by atoms with E-state index in [-0.39, 0.29) is 42.5 Å². The van der Waals surface area contributed by atoms with Gasteiger partial charge in [-0.25, -0.2) is 16.8 Å². The normalized spacial score (nSPS) is 12.1. The summed E-state index contributed by atoms with van der Waals surface area (Å²) in [7, 11) is -8.16. The van der Waals surface area contributed by atoms with E-state index in [0.29, 0.717) is 0 Å². The summed E-state index contributed by atoms with van der Waals surface area (Å²) >= 11 is 0. The van der Waals surface area contributed by atoms with Crippen LogP contribution in [0.15, 0.2) is 58.3 Å². The second kappa shape index (κ2) is 13.7. The fourth-order valence-electron chi connectivity index (χ4n) is 3.41. The zero-order chi connectivity index (χ0) is 27.6. The van der Waals surface area contributed by atoms with Crippen LogP contribution in [-0.4, -0.2) is 76.8 Å². The molecule has 0 N–H and O–H groups in total. The highest BCUT2D eigenvalue weighted by Gasteiger charge is 2.30. The van der Waals surface area contributed by atoms with E-state index in [0.717, 1.165) is 19.7 Å². The molecule has 0 aromatic heterocycles. The van der Waals surface area contributed by atoms with E-state index >= 15 is 0 Å². The van der Waals surface area contributed by atoms with Gasteiger partial charge in [-0.3, -0.25) is 9.59 Å². The summed E-state index contributed by atoms with van der Waals surface area (Å²) in [6.07, 6.45) is 0.00892. The molecule has 2 rings (SSSR count). The largest absolute Gasteiger partial charge is 0.465 e. The van der Waals surface area contributed by atoms with E-state index in [4.69, 9.17) is 9.47 Å². The Morgan fingerprint density at radius 2 is 0.973 bits per heavy atom. The van der Waals surface area contributed by atoms with E-state index in [1.165, 1.54) is 24.3 Å². The molecule has 10 nitrogen and oxygen atoms in total. The van der Waals surface area contributed by atoms with Crippen molar-refractivity contribution in [1.29, 1.82) is 0 Å². The van der Waals surface area contributed by atoms with Crippen molar-refractivity contribution in [1.82, 2.24) is 8.61 Å². The number of ether oxygens (including phenoxy) is 2. The summed E-state index contributed by atoms with van der Waals surface area (Å²) in [4.78, 5) is 24.3. The Labute approximate surface area is 219 Å². The lowest BCUT2D eigenvalue weighted by Crippen LogP contribution is -2.41. The molecule has 0 aliphatic rings. The molecule has 0 radical (unpaired) electrons. The standard InChI is InChI=1S/C25H34N2O8S2/c1-5-34-24(28)18-26(36(30,31)22-12-8-20(3)9-13-22)16-7-17-27(19-25(29)35-6-2)37(32,33)23-14-10-21(4)11-15-23/h8-15H,5-7,16-19H2,1-4H3. The Balaban J connectivity index is 2.29. The fraction of sp³-hybridized carbons (Fsp3) is 0.440. The quantitative estimate of drug-likeness (QED) is 0.326. The number of benzene rings is 2. The summed E-state index contributed by atoms with van der Waals surface area (Å²) in [5.41, 5.74) is 1.73. The summed E-state index contributed by atoms with van der Waals surface area (Å²) in [6.45, 7) is 5.59. The number of carbonyl (C=O) groups excluding carboxylic acids is 2. The first-order valence-electron chi connectivity index (χ1n) is 11.9. The number of sulfonamides is 2. The van der Waals surface area contributed by atoms with Crippen LogP contribution in [0.5, 0.6) is 0 Å². The smallest absolute Gasteiger partial charge is 0.321 e. The van der Waals surface area contributed by atoms with Gasteiger partial charge < -0.3 is 9.47 Å². The molecular weight excluding hydrogens is 520 g/mol. The van der Waals surface area contributed by atoms with Crippen molar-refractivity contribution in [3.05, 3.63) is 59.7 Å². The van der Waals surface area contributed by atoms with Gasteiger partial charge in [0.25, 0.3) is 0 Å². The van der Waals surface area contributed by atoms with Crippen molar-refractivity contribution in [2.75, 3.05) is 39.4 Å². The van der Waals surface area contributed by atoms with Gasteiger partial charge in [-0.2, -0.15) is 8.61 Å². The molecule has 0 amide bonds. The van der Waals surface area contributed by atoms with Crippen LogP contribution in [-0.2, 0) is 39.1 Å². The van der Waals surface area contributed by atoms with Crippen LogP contribution in [0.2, 0.25) is 0 Å². The highest BCUT2D eigenvalue weighted by Crippen LogP contribution is 2.20. The number of aryl methyl sites for hydroxylation is 2. The van der Waals surface area contributed by atoms with Crippen LogP contribution in [0.1, 0.15) is 31.4 Å². The average molecular weight is 555 g/mol. The molecular formula is C25H34N2O8S2. The molecule has 0 aliphatic heterocycles. The maximum atomic E-state index is 13.3. The molecule has 2 aromatic carbocycles. The molecule has 37 heavy (non-hydrogen) atoms. The molecule has 0 unspecified atom stereocenters. The second-order valence-corrected chi connectivity index (χ2v) is 12.1. The molecule has 204 valence electrons. The third kappa shape index (κ3) is 8.63. The number of esters is 2. The molecule has 0 spiro atoms. The van der Waals surface area contributed by atoms with Crippen LogP contribution < -0.4 is 0 Å². The molecule has 0 saturated heterocycles. The Morgan fingerprint density at radius 1 is 0.649 bits per heavy atom. The minimum absolute atomic E-state index is 0.00180. The molecule has 0 saturated carbocycles. The number of rotatable bonds is 14. The molecule has 0 heterocycles. The summed E-state index contributed by atoms with van der Waals surface area (Å²) in [6, 6.07) is 12.3. The highest BCUT2D eigenvalue weighted by atomic mass is 32.2. The van der Waals surface area contributed by atoms with Gasteiger partial charge >= 0.3 is 11.9 Å². The first kappa shape index (κ1) is 30.4. The van der Waals surface area contributed by atoms with E-state index in [2.05, 4.69) is 0 Å². The van der Waals surface area contributed by atoms with E-state index in [1.807, 2.05) is 13.8 Å². The Hall–Kier alpha value is -2.80. The lowest BCUT2D eigenvalue weighted by Gasteiger charge is -2.24. The number of hydrogen-bond acceptors (Lipinski definition) is 8. The Morgan fingerprint density at radius 3 is 1.27 bits per heavy atom. The van der Waals surface area contributed by atoms with Crippen LogP contribution in [0, 0.1) is 13.8 Å². The van der Waals surface area contributed by atoms with Crippen molar-refractivity contribution in [3.8, 4) is 0 Å². The third-order valence-electron chi connectivity index (χ3n) is 5.35. The average Bonchev–Trinajstić information content (AvgIpc) is 2.83. The van der Waals surface area contributed by atoms with Crippen molar-refractivity contribution in [3.63, 3.8) is 0 Å². The summed E-state index contributed by atoms with van der Waals surface area (Å²) in [5, 5.41) is 0. The monoisotopic (exact) mass is 554 g/mol. The van der Waals surface area contributed by atoms with Crippen LogP contribution in [0.3, 0.4) is 0 Å². The molecule has 0 aliphatic carbocycles. The van der Waals surface area contributed by atoms with Gasteiger partial charge in [0.05, 0.1) is 23.0 Å². The maximum absolute atomic E-state index is 13.3. The lowest BCUT2D eigenvalue weighted by molar-refractivity contribution is -0.144. The topological polar surface area (TPSA) is 127 Å². The van der Waals surface area contributed by atoms with Gasteiger partial charge in [-0.15, -0.1) is 0 Å². The Bertz CT molecular complexity index is 1160. The third-order valence-corrected chi connectivity index (χ3v) is 9.07. The minimum Gasteiger partial charge on any atom is -0.465 e. The Kier molecular flexibility index (Phi) is 11.2. The first-order valence-corrected chi connectivity index (χ1v) is 14.7. The van der Waals surface area contributed by atoms with E-state index in [1.54, 1.807) is 38.1 Å². The number of carbonyl (C=O) groups is 2. The zero-order valence-corrected chi connectivity index (χ0v) is 23.2. The molecule has 0 atom stereocenters. The van der Waals surface area contributed by atoms with Crippen LogP contribution in [0.25, 0.3) is 0 Å². The van der Waals surface area contributed by atoms with E-state index in [9.17, 15) is 26.4 Å². The van der Waals surface area contributed by atoms with Gasteiger partial charge in [-0.1, -0.05) is 35.4 Å². The predicted molar refractivity (Wildman–Crippen MR) is 138 cm³/mol. The van der Waals surface area contributed by atoms with Gasteiger partial charge in [-0.05, 0) is 58.4 Å². The van der Waals surface area contributed by atoms with Crippen molar-refractivity contribution in [2.24, 2.45) is 0 Å². The van der Waals surface area contributed by atoms with Crippen molar-refractivity contribution < 1.29 is 35.9 Å². The van der Waals surface area contributed by atoms with Gasteiger partial charge in [0.15, 0.2) is 0 Å².